The minimum absolute atomic E-state index is 0.242. The van der Waals surface area contributed by atoms with E-state index in [0.717, 1.165) is 24.3 Å². The number of oxime groups is 1. The lowest BCUT2D eigenvalue weighted by Gasteiger charge is -2.14. The van der Waals surface area contributed by atoms with Crippen LogP contribution < -0.4 is 10.6 Å². The second-order valence-electron chi connectivity index (χ2n) is 6.68. The molecule has 0 bridgehead atoms. The van der Waals surface area contributed by atoms with Crippen LogP contribution in [0, 0.1) is 17.5 Å². The SMILES string of the molecule is CC(C)(C)O/N=C/c1ccc(NC(=O)NC(=O)c2c(F)cccc2F)c(F)c1. The molecule has 9 heteroatoms. The highest BCUT2D eigenvalue weighted by atomic mass is 19.1. The van der Waals surface area contributed by atoms with Gasteiger partial charge in [0.1, 0.15) is 28.6 Å². The van der Waals surface area contributed by atoms with Crippen molar-refractivity contribution in [3.63, 3.8) is 0 Å². The topological polar surface area (TPSA) is 79.8 Å². The Labute approximate surface area is 159 Å². The molecule has 2 aromatic carbocycles. The summed E-state index contributed by atoms with van der Waals surface area (Å²) in [5.74, 6) is -4.36. The standard InChI is InChI=1S/C19H18F3N3O3/c1-19(2,3)28-23-10-11-7-8-15(14(22)9-11)24-18(27)25-17(26)16-12(20)5-4-6-13(16)21/h4-10H,1-3H3,(H2,24,25,26,27)/b23-10+. The summed E-state index contributed by atoms with van der Waals surface area (Å²) < 4.78 is 41.2. The highest BCUT2D eigenvalue weighted by Gasteiger charge is 2.19. The summed E-state index contributed by atoms with van der Waals surface area (Å²) in [4.78, 5) is 28.8. The van der Waals surface area contributed by atoms with Gasteiger partial charge in [-0.25, -0.2) is 18.0 Å². The molecule has 0 fully saturated rings. The summed E-state index contributed by atoms with van der Waals surface area (Å²) in [7, 11) is 0. The highest BCUT2D eigenvalue weighted by Crippen LogP contribution is 2.16. The Kier molecular flexibility index (Phi) is 6.40. The van der Waals surface area contributed by atoms with Gasteiger partial charge in [0.05, 0.1) is 11.9 Å². The zero-order chi connectivity index (χ0) is 20.9. The minimum Gasteiger partial charge on any atom is -0.390 e. The van der Waals surface area contributed by atoms with E-state index in [1.807, 2.05) is 0 Å². The van der Waals surface area contributed by atoms with Gasteiger partial charge in [-0.2, -0.15) is 0 Å². The molecule has 2 N–H and O–H groups in total. The van der Waals surface area contributed by atoms with Gasteiger partial charge in [-0.05, 0) is 50.6 Å². The summed E-state index contributed by atoms with van der Waals surface area (Å²) in [6, 6.07) is 5.45. The van der Waals surface area contributed by atoms with E-state index in [1.54, 1.807) is 26.1 Å². The van der Waals surface area contributed by atoms with Crippen molar-refractivity contribution in [3.05, 3.63) is 65.0 Å². The van der Waals surface area contributed by atoms with Crippen LogP contribution in [0.4, 0.5) is 23.7 Å². The van der Waals surface area contributed by atoms with Gasteiger partial charge in [0.2, 0.25) is 0 Å². The quantitative estimate of drug-likeness (QED) is 0.603. The fourth-order valence-corrected chi connectivity index (χ4v) is 1.99. The third kappa shape index (κ3) is 5.83. The van der Waals surface area contributed by atoms with Crippen molar-refractivity contribution in [1.82, 2.24) is 5.32 Å². The Balaban J connectivity index is 2.03. The number of anilines is 1. The molecule has 0 aliphatic rings. The molecule has 0 saturated heterocycles. The van der Waals surface area contributed by atoms with Crippen molar-refractivity contribution in [2.75, 3.05) is 5.32 Å². The van der Waals surface area contributed by atoms with Crippen LogP contribution in [0.3, 0.4) is 0 Å². The molecule has 3 amide bonds. The van der Waals surface area contributed by atoms with E-state index in [4.69, 9.17) is 4.84 Å². The van der Waals surface area contributed by atoms with E-state index in [-0.39, 0.29) is 5.69 Å². The molecule has 2 rings (SSSR count). The van der Waals surface area contributed by atoms with E-state index in [2.05, 4.69) is 10.5 Å². The number of hydrogen-bond acceptors (Lipinski definition) is 4. The van der Waals surface area contributed by atoms with Crippen LogP contribution in [-0.4, -0.2) is 23.8 Å². The molecule has 148 valence electrons. The monoisotopic (exact) mass is 393 g/mol. The van der Waals surface area contributed by atoms with Crippen LogP contribution in [0.1, 0.15) is 36.7 Å². The van der Waals surface area contributed by atoms with E-state index in [0.29, 0.717) is 5.56 Å². The first-order valence-electron chi connectivity index (χ1n) is 8.14. The predicted molar refractivity (Wildman–Crippen MR) is 97.7 cm³/mol. The second-order valence-corrected chi connectivity index (χ2v) is 6.68. The van der Waals surface area contributed by atoms with Gasteiger partial charge in [0.25, 0.3) is 5.91 Å². The number of hydrogen-bond donors (Lipinski definition) is 2. The summed E-state index contributed by atoms with van der Waals surface area (Å²) in [6.45, 7) is 5.39. The number of urea groups is 1. The van der Waals surface area contributed by atoms with Gasteiger partial charge in [-0.1, -0.05) is 17.3 Å². The third-order valence-corrected chi connectivity index (χ3v) is 3.19. The number of rotatable bonds is 4. The maximum Gasteiger partial charge on any atom is 0.326 e. The van der Waals surface area contributed by atoms with Crippen LogP contribution in [0.2, 0.25) is 0 Å². The van der Waals surface area contributed by atoms with Gasteiger partial charge in [-0.3, -0.25) is 10.1 Å². The molecule has 0 unspecified atom stereocenters. The minimum atomic E-state index is -1.29. The van der Waals surface area contributed by atoms with Gasteiger partial charge in [-0.15, -0.1) is 0 Å². The molecule has 0 aliphatic carbocycles. The molecule has 28 heavy (non-hydrogen) atoms. The average Bonchev–Trinajstić information content (AvgIpc) is 2.56. The smallest absolute Gasteiger partial charge is 0.326 e. The predicted octanol–water partition coefficient (Wildman–Crippen LogP) is 4.21. The van der Waals surface area contributed by atoms with Gasteiger partial charge >= 0.3 is 6.03 Å². The fraction of sp³-hybridized carbons (Fsp3) is 0.211. The lowest BCUT2D eigenvalue weighted by atomic mass is 10.2. The normalized spacial score (nSPS) is 11.4. The largest absolute Gasteiger partial charge is 0.390 e. The van der Waals surface area contributed by atoms with Crippen molar-refractivity contribution < 1.29 is 27.6 Å². The van der Waals surface area contributed by atoms with Gasteiger partial charge in [0, 0.05) is 0 Å². The summed E-state index contributed by atoms with van der Waals surface area (Å²) in [5.41, 5.74) is -1.28. The number of imide groups is 1. The van der Waals surface area contributed by atoms with Crippen LogP contribution in [0.15, 0.2) is 41.6 Å². The molecule has 0 heterocycles. The van der Waals surface area contributed by atoms with Crippen LogP contribution >= 0.6 is 0 Å². The highest BCUT2D eigenvalue weighted by molar-refractivity contribution is 6.08. The van der Waals surface area contributed by atoms with Crippen molar-refractivity contribution >= 4 is 23.8 Å². The van der Waals surface area contributed by atoms with Gasteiger partial charge in [0.15, 0.2) is 0 Å². The molecule has 6 nitrogen and oxygen atoms in total. The number of benzene rings is 2. The first kappa shape index (κ1) is 20.9. The molecule has 0 aliphatic heterocycles. The van der Waals surface area contributed by atoms with Crippen molar-refractivity contribution in [2.24, 2.45) is 5.16 Å². The molecular weight excluding hydrogens is 375 g/mol. The lowest BCUT2D eigenvalue weighted by Crippen LogP contribution is -2.35. The maximum atomic E-state index is 14.1. The zero-order valence-corrected chi connectivity index (χ0v) is 15.3. The van der Waals surface area contributed by atoms with Crippen molar-refractivity contribution in [1.29, 1.82) is 0 Å². The van der Waals surface area contributed by atoms with E-state index in [9.17, 15) is 22.8 Å². The Morgan fingerprint density at radius 1 is 1.04 bits per heavy atom. The first-order valence-corrected chi connectivity index (χ1v) is 8.14. The second kappa shape index (κ2) is 8.55. The number of nitrogens with one attached hydrogen (secondary N) is 2. The summed E-state index contributed by atoms with van der Waals surface area (Å²) >= 11 is 0. The Hall–Kier alpha value is -3.36. The number of carbonyl (C=O) groups excluding carboxylic acids is 2. The lowest BCUT2D eigenvalue weighted by molar-refractivity contribution is 0.00199. The molecule has 0 saturated carbocycles. The number of carbonyl (C=O) groups is 2. The van der Waals surface area contributed by atoms with E-state index < -0.39 is 40.6 Å². The maximum absolute atomic E-state index is 14.1. The average molecular weight is 393 g/mol. The summed E-state index contributed by atoms with van der Waals surface area (Å²) in [6.07, 6.45) is 1.29. The Morgan fingerprint density at radius 2 is 1.68 bits per heavy atom. The molecule has 0 radical (unpaired) electrons. The summed E-state index contributed by atoms with van der Waals surface area (Å²) in [5, 5.41) is 7.55. The van der Waals surface area contributed by atoms with Crippen LogP contribution in [0.25, 0.3) is 0 Å². The Morgan fingerprint density at radius 3 is 2.25 bits per heavy atom. The van der Waals surface area contributed by atoms with Crippen LogP contribution in [0.5, 0.6) is 0 Å². The van der Waals surface area contributed by atoms with Crippen LogP contribution in [-0.2, 0) is 4.84 Å². The van der Waals surface area contributed by atoms with E-state index in [1.165, 1.54) is 18.3 Å². The number of nitrogens with zero attached hydrogens (tertiary/aromatic N) is 1. The molecule has 0 aromatic heterocycles. The van der Waals surface area contributed by atoms with Crippen molar-refractivity contribution in [2.45, 2.75) is 26.4 Å². The van der Waals surface area contributed by atoms with Crippen molar-refractivity contribution in [3.8, 4) is 0 Å². The molecule has 2 aromatic rings. The van der Waals surface area contributed by atoms with Gasteiger partial charge < -0.3 is 10.2 Å². The molecule has 0 atom stereocenters. The Bertz CT molecular complexity index is 904. The third-order valence-electron chi connectivity index (χ3n) is 3.19. The number of amides is 3. The number of halogens is 3. The van der Waals surface area contributed by atoms with E-state index >= 15 is 0 Å². The molecule has 0 spiro atoms. The fourth-order valence-electron chi connectivity index (χ4n) is 1.99. The molecular formula is C19H18F3N3O3. The first-order chi connectivity index (χ1) is 13.1. The zero-order valence-electron chi connectivity index (χ0n) is 15.3.